The highest BCUT2D eigenvalue weighted by molar-refractivity contribution is 5.79. The van der Waals surface area contributed by atoms with E-state index in [9.17, 15) is 14.3 Å². The maximum absolute atomic E-state index is 14.3. The maximum atomic E-state index is 14.3. The van der Waals surface area contributed by atoms with Crippen molar-refractivity contribution in [1.29, 1.82) is 5.41 Å². The second kappa shape index (κ2) is 10.2. The third-order valence-corrected chi connectivity index (χ3v) is 5.77. The van der Waals surface area contributed by atoms with E-state index in [-0.39, 0.29) is 12.3 Å². The lowest BCUT2D eigenvalue weighted by Gasteiger charge is -2.18. The molecule has 1 heterocycles. The summed E-state index contributed by atoms with van der Waals surface area (Å²) in [5.41, 5.74) is 10.6. The van der Waals surface area contributed by atoms with Crippen molar-refractivity contribution >= 4 is 11.9 Å². The number of aryl methyl sites for hydroxylation is 1. The minimum absolute atomic E-state index is 0.110. The molecule has 178 valence electrons. The van der Waals surface area contributed by atoms with Crippen molar-refractivity contribution in [3.63, 3.8) is 0 Å². The summed E-state index contributed by atoms with van der Waals surface area (Å²) in [6.45, 7) is 1.73. The Morgan fingerprint density at radius 2 is 1.66 bits per heavy atom. The monoisotopic (exact) mass is 472 g/mol. The van der Waals surface area contributed by atoms with Crippen LogP contribution in [0.2, 0.25) is 0 Å². The number of hydrogen-bond acceptors (Lipinski definition) is 4. The molecule has 0 radical (unpaired) electrons. The molecule has 0 spiro atoms. The largest absolute Gasteiger partial charge is 0.465 e. The van der Waals surface area contributed by atoms with Gasteiger partial charge in [0.1, 0.15) is 5.82 Å². The third kappa shape index (κ3) is 5.55. The summed E-state index contributed by atoms with van der Waals surface area (Å²) in [5, 5.41) is 23.4. The van der Waals surface area contributed by atoms with Gasteiger partial charge in [0, 0.05) is 24.0 Å². The number of nitrogens with two attached hydrogens (primary N) is 1. The van der Waals surface area contributed by atoms with E-state index in [1.807, 2.05) is 48.5 Å². The maximum Gasteiger partial charge on any atom is 0.405 e. The van der Waals surface area contributed by atoms with Crippen LogP contribution in [0.25, 0.3) is 22.5 Å². The molecule has 4 aromatic rings. The number of aromatic nitrogens is 1. The average Bonchev–Trinajstić information content (AvgIpc) is 3.21. The van der Waals surface area contributed by atoms with Crippen LogP contribution in [0.15, 0.2) is 77.3 Å². The number of nitrogens with zero attached hydrogens (tertiary/aromatic N) is 1. The topological polar surface area (TPSA) is 125 Å². The summed E-state index contributed by atoms with van der Waals surface area (Å²) in [5.74, 6) is 0.144. The summed E-state index contributed by atoms with van der Waals surface area (Å²) in [6, 6.07) is 21.0. The van der Waals surface area contributed by atoms with Gasteiger partial charge in [-0.05, 0) is 35.2 Å². The molecule has 1 aromatic heterocycles. The molecule has 0 unspecified atom stereocenters. The number of carboxylic acid groups (broad SMARTS) is 1. The smallest absolute Gasteiger partial charge is 0.405 e. The number of nitrogens with one attached hydrogen (secondary N) is 2. The van der Waals surface area contributed by atoms with Crippen LogP contribution in [0.1, 0.15) is 28.4 Å². The van der Waals surface area contributed by atoms with Crippen molar-refractivity contribution in [2.45, 2.75) is 25.8 Å². The van der Waals surface area contributed by atoms with E-state index in [4.69, 9.17) is 15.7 Å². The number of hydrogen-bond donors (Lipinski definition) is 4. The summed E-state index contributed by atoms with van der Waals surface area (Å²) in [4.78, 5) is 11.5. The fraction of sp³-hybridized carbons (Fsp3) is 0.148. The summed E-state index contributed by atoms with van der Waals surface area (Å²) >= 11 is 0. The highest BCUT2D eigenvalue weighted by Gasteiger charge is 2.26. The molecule has 0 bridgehead atoms. The second-order valence-electron chi connectivity index (χ2n) is 8.28. The third-order valence-electron chi connectivity index (χ3n) is 5.77. The Labute approximate surface area is 201 Å². The van der Waals surface area contributed by atoms with Crippen molar-refractivity contribution in [2.75, 3.05) is 0 Å². The molecule has 1 atom stereocenters. The molecule has 4 rings (SSSR count). The molecule has 1 amide bonds. The van der Waals surface area contributed by atoms with Crippen LogP contribution < -0.4 is 11.1 Å². The normalized spacial score (nSPS) is 11.7. The molecule has 0 fully saturated rings. The van der Waals surface area contributed by atoms with Crippen LogP contribution in [-0.4, -0.2) is 22.2 Å². The van der Waals surface area contributed by atoms with E-state index >= 15 is 0 Å². The van der Waals surface area contributed by atoms with Crippen LogP contribution in [0.3, 0.4) is 0 Å². The standard InChI is InChI=1S/C27H25FN4O3/c1-16-25(23(31-27(33)34)15-21-4-2-3-5-22(21)28)26(35-32-16)20-12-10-19(11-13-20)18-8-6-17(7-9-18)14-24(29)30/h2-13,23,31H,14-15H2,1H3,(H3,29,30)(H,33,34)/t23-/m1/s1. The highest BCUT2D eigenvalue weighted by Crippen LogP contribution is 2.34. The summed E-state index contributed by atoms with van der Waals surface area (Å²) in [6.07, 6.45) is -0.703. The molecular weight excluding hydrogens is 447 g/mol. The predicted octanol–water partition coefficient (Wildman–Crippen LogP) is 5.49. The highest BCUT2D eigenvalue weighted by atomic mass is 19.1. The van der Waals surface area contributed by atoms with Crippen LogP contribution >= 0.6 is 0 Å². The van der Waals surface area contributed by atoms with Crippen LogP contribution in [-0.2, 0) is 12.8 Å². The van der Waals surface area contributed by atoms with E-state index in [0.29, 0.717) is 29.0 Å². The first-order valence-electron chi connectivity index (χ1n) is 11.0. The summed E-state index contributed by atoms with van der Waals surface area (Å²) < 4.78 is 19.9. The van der Waals surface area contributed by atoms with Gasteiger partial charge >= 0.3 is 6.09 Å². The van der Waals surface area contributed by atoms with Gasteiger partial charge in [-0.15, -0.1) is 0 Å². The average molecular weight is 473 g/mol. The lowest BCUT2D eigenvalue weighted by molar-refractivity contribution is 0.189. The van der Waals surface area contributed by atoms with Crippen molar-refractivity contribution in [3.8, 4) is 22.5 Å². The minimum atomic E-state index is -1.22. The van der Waals surface area contributed by atoms with Crippen molar-refractivity contribution in [3.05, 3.63) is 101 Å². The zero-order valence-electron chi connectivity index (χ0n) is 19.1. The SMILES string of the molecule is Cc1noc(-c2ccc(-c3ccc(CC(=N)N)cc3)cc2)c1[C@@H](Cc1ccccc1F)NC(=O)O. The van der Waals surface area contributed by atoms with Crippen LogP contribution in [0.5, 0.6) is 0 Å². The molecule has 35 heavy (non-hydrogen) atoms. The lowest BCUT2D eigenvalue weighted by atomic mass is 9.94. The quantitative estimate of drug-likeness (QED) is 0.199. The Balaban J connectivity index is 1.64. The van der Waals surface area contributed by atoms with Crippen LogP contribution in [0.4, 0.5) is 9.18 Å². The zero-order valence-corrected chi connectivity index (χ0v) is 19.1. The number of benzene rings is 3. The molecule has 0 aliphatic heterocycles. The van der Waals surface area contributed by atoms with Gasteiger partial charge in [0.05, 0.1) is 17.6 Å². The van der Waals surface area contributed by atoms with Gasteiger partial charge in [-0.25, -0.2) is 9.18 Å². The Hall–Kier alpha value is -4.46. The predicted molar refractivity (Wildman–Crippen MR) is 132 cm³/mol. The second-order valence-corrected chi connectivity index (χ2v) is 8.28. The number of amidine groups is 1. The molecule has 0 saturated heterocycles. The van der Waals surface area contributed by atoms with Gasteiger partial charge < -0.3 is 20.7 Å². The van der Waals surface area contributed by atoms with E-state index in [1.165, 1.54) is 6.07 Å². The first kappa shape index (κ1) is 23.7. The Morgan fingerprint density at radius 3 is 2.26 bits per heavy atom. The Morgan fingerprint density at radius 1 is 1.06 bits per heavy atom. The fourth-order valence-electron chi connectivity index (χ4n) is 4.10. The van der Waals surface area contributed by atoms with Crippen LogP contribution in [0, 0.1) is 18.2 Å². The number of rotatable bonds is 8. The first-order chi connectivity index (χ1) is 16.8. The number of carbonyl (C=O) groups is 1. The van der Waals surface area contributed by atoms with Gasteiger partial charge in [-0.1, -0.05) is 71.9 Å². The first-order valence-corrected chi connectivity index (χ1v) is 11.0. The zero-order chi connectivity index (χ0) is 24.9. The molecular formula is C27H25FN4O3. The van der Waals surface area contributed by atoms with E-state index in [1.54, 1.807) is 25.1 Å². The fourth-order valence-corrected chi connectivity index (χ4v) is 4.10. The number of halogens is 1. The summed E-state index contributed by atoms with van der Waals surface area (Å²) in [7, 11) is 0. The molecule has 3 aromatic carbocycles. The lowest BCUT2D eigenvalue weighted by Crippen LogP contribution is -2.29. The van der Waals surface area contributed by atoms with Gasteiger partial charge in [0.25, 0.3) is 0 Å². The van der Waals surface area contributed by atoms with Crippen molar-refractivity contribution < 1.29 is 18.8 Å². The number of amides is 1. The van der Waals surface area contributed by atoms with Gasteiger partial charge in [-0.3, -0.25) is 5.41 Å². The molecule has 0 saturated carbocycles. The Kier molecular flexibility index (Phi) is 6.91. The molecule has 5 N–H and O–H groups in total. The Bertz CT molecular complexity index is 1350. The van der Waals surface area contributed by atoms with E-state index < -0.39 is 18.0 Å². The molecule has 0 aliphatic rings. The van der Waals surface area contributed by atoms with E-state index in [0.717, 1.165) is 22.3 Å². The molecule has 7 nitrogen and oxygen atoms in total. The van der Waals surface area contributed by atoms with Gasteiger partial charge in [0.15, 0.2) is 5.76 Å². The molecule has 0 aliphatic carbocycles. The molecule has 8 heteroatoms. The van der Waals surface area contributed by atoms with Gasteiger partial charge in [-0.2, -0.15) is 0 Å². The minimum Gasteiger partial charge on any atom is -0.465 e. The van der Waals surface area contributed by atoms with E-state index in [2.05, 4.69) is 10.5 Å². The van der Waals surface area contributed by atoms with Gasteiger partial charge in [0.2, 0.25) is 0 Å². The van der Waals surface area contributed by atoms with Crippen molar-refractivity contribution in [2.24, 2.45) is 5.73 Å². The van der Waals surface area contributed by atoms with Crippen molar-refractivity contribution in [1.82, 2.24) is 10.5 Å².